The van der Waals surface area contributed by atoms with E-state index < -0.39 is 5.41 Å². The van der Waals surface area contributed by atoms with Gasteiger partial charge in [-0.25, -0.2) is 4.79 Å². The molecule has 0 amide bonds. The highest BCUT2D eigenvalue weighted by molar-refractivity contribution is 6.31. The molecule has 140 valence electrons. The zero-order valence-corrected chi connectivity index (χ0v) is 16.4. The molecule has 0 saturated carbocycles. The highest BCUT2D eigenvalue weighted by Gasteiger charge is 2.39. The Balaban J connectivity index is 2.18. The molecule has 2 nitrogen and oxygen atoms in total. The molecule has 4 rings (SSSR count). The Hall–Kier alpha value is -3.45. The topological polar surface area (TPSA) is 29.4 Å². The molecule has 0 aliphatic rings. The fourth-order valence-corrected chi connectivity index (χ4v) is 4.21. The molecular formula is C26H18ClNO. The molecule has 0 bridgehead atoms. The smallest absolute Gasteiger partial charge is 0.211 e. The van der Waals surface area contributed by atoms with Crippen LogP contribution in [0.4, 0.5) is 5.69 Å². The second kappa shape index (κ2) is 8.28. The first-order valence-corrected chi connectivity index (χ1v) is 9.69. The van der Waals surface area contributed by atoms with Crippen LogP contribution in [0.25, 0.3) is 0 Å². The van der Waals surface area contributed by atoms with Gasteiger partial charge in [0.05, 0.1) is 11.1 Å². The first-order chi connectivity index (χ1) is 14.3. The maximum atomic E-state index is 10.9. The SMILES string of the molecule is O=C=Nc1ccc(Cl)c(C(c2ccccc2)(c2ccccc2)c2ccccc2)c1. The van der Waals surface area contributed by atoms with Gasteiger partial charge in [0.15, 0.2) is 0 Å². The van der Waals surface area contributed by atoms with Crippen molar-refractivity contribution in [3.05, 3.63) is 136 Å². The van der Waals surface area contributed by atoms with Gasteiger partial charge in [0.2, 0.25) is 6.08 Å². The molecule has 0 aliphatic carbocycles. The monoisotopic (exact) mass is 395 g/mol. The van der Waals surface area contributed by atoms with Crippen LogP contribution in [0.3, 0.4) is 0 Å². The van der Waals surface area contributed by atoms with Crippen LogP contribution < -0.4 is 0 Å². The Bertz CT molecular complexity index is 1050. The van der Waals surface area contributed by atoms with Crippen molar-refractivity contribution in [3.8, 4) is 0 Å². The summed E-state index contributed by atoms with van der Waals surface area (Å²) in [6.07, 6.45) is 1.63. The van der Waals surface area contributed by atoms with Crippen LogP contribution in [0.5, 0.6) is 0 Å². The van der Waals surface area contributed by atoms with Gasteiger partial charge in [-0.1, -0.05) is 103 Å². The Morgan fingerprint density at radius 3 is 1.52 bits per heavy atom. The van der Waals surface area contributed by atoms with Crippen molar-refractivity contribution in [3.63, 3.8) is 0 Å². The van der Waals surface area contributed by atoms with E-state index in [2.05, 4.69) is 41.4 Å². The Morgan fingerprint density at radius 2 is 1.10 bits per heavy atom. The summed E-state index contributed by atoms with van der Waals surface area (Å²) in [5.41, 5.74) is 3.94. The molecule has 0 atom stereocenters. The van der Waals surface area contributed by atoms with E-state index in [1.54, 1.807) is 18.2 Å². The van der Waals surface area contributed by atoms with E-state index in [0.717, 1.165) is 22.3 Å². The molecular weight excluding hydrogens is 378 g/mol. The second-order valence-electron chi connectivity index (χ2n) is 6.72. The molecule has 0 heterocycles. The quantitative estimate of drug-likeness (QED) is 0.210. The summed E-state index contributed by atoms with van der Waals surface area (Å²) in [5.74, 6) is 0. The van der Waals surface area contributed by atoms with Gasteiger partial charge in [-0.05, 0) is 40.5 Å². The molecule has 0 aromatic heterocycles. The zero-order valence-electron chi connectivity index (χ0n) is 15.6. The third-order valence-corrected chi connectivity index (χ3v) is 5.48. The maximum Gasteiger partial charge on any atom is 0.240 e. The minimum Gasteiger partial charge on any atom is -0.211 e. The van der Waals surface area contributed by atoms with Crippen LogP contribution in [0.15, 0.2) is 114 Å². The average Bonchev–Trinajstić information content (AvgIpc) is 2.79. The van der Waals surface area contributed by atoms with E-state index in [9.17, 15) is 4.79 Å². The molecule has 0 fully saturated rings. The van der Waals surface area contributed by atoms with Gasteiger partial charge < -0.3 is 0 Å². The minimum absolute atomic E-state index is 0.520. The van der Waals surface area contributed by atoms with E-state index in [1.165, 1.54) is 0 Å². The van der Waals surface area contributed by atoms with Gasteiger partial charge in [0, 0.05) is 5.02 Å². The Kier molecular flexibility index (Phi) is 5.39. The van der Waals surface area contributed by atoms with Crippen molar-refractivity contribution >= 4 is 23.4 Å². The van der Waals surface area contributed by atoms with Gasteiger partial charge in [0.25, 0.3) is 0 Å². The average molecular weight is 396 g/mol. The maximum absolute atomic E-state index is 10.9. The predicted molar refractivity (Wildman–Crippen MR) is 118 cm³/mol. The van der Waals surface area contributed by atoms with Gasteiger partial charge in [0.1, 0.15) is 0 Å². The standard InChI is InChI=1S/C26H18ClNO/c27-25-17-16-23(28-19-29)18-24(25)26(20-10-4-1-5-11-20,21-12-6-2-7-13-21)22-14-8-3-9-15-22/h1-18H. The number of aliphatic imine (C=N–C) groups is 1. The number of nitrogens with zero attached hydrogens (tertiary/aromatic N) is 1. The van der Waals surface area contributed by atoms with Crippen LogP contribution in [-0.2, 0) is 10.2 Å². The highest BCUT2D eigenvalue weighted by Crippen LogP contribution is 2.48. The second-order valence-corrected chi connectivity index (χ2v) is 7.12. The summed E-state index contributed by atoms with van der Waals surface area (Å²) in [7, 11) is 0. The van der Waals surface area contributed by atoms with Crippen LogP contribution in [0.2, 0.25) is 5.02 Å². The largest absolute Gasteiger partial charge is 0.240 e. The lowest BCUT2D eigenvalue weighted by atomic mass is 9.65. The molecule has 4 aromatic carbocycles. The van der Waals surface area contributed by atoms with E-state index in [4.69, 9.17) is 11.6 Å². The highest BCUT2D eigenvalue weighted by atomic mass is 35.5. The van der Waals surface area contributed by atoms with E-state index in [1.807, 2.05) is 60.7 Å². The van der Waals surface area contributed by atoms with Crippen molar-refractivity contribution in [1.82, 2.24) is 0 Å². The van der Waals surface area contributed by atoms with Gasteiger partial charge in [-0.15, -0.1) is 0 Å². The summed E-state index contributed by atoms with van der Waals surface area (Å²) in [6.45, 7) is 0. The summed E-state index contributed by atoms with van der Waals surface area (Å²) in [4.78, 5) is 14.7. The van der Waals surface area contributed by atoms with Gasteiger partial charge in [-0.3, -0.25) is 0 Å². The van der Waals surface area contributed by atoms with Gasteiger partial charge in [-0.2, -0.15) is 4.99 Å². The number of benzene rings is 4. The summed E-state index contributed by atoms with van der Waals surface area (Å²) in [5, 5.41) is 0.603. The van der Waals surface area contributed by atoms with Crippen LogP contribution in [0, 0.1) is 0 Å². The minimum atomic E-state index is -0.671. The van der Waals surface area contributed by atoms with Crippen LogP contribution >= 0.6 is 11.6 Å². The molecule has 4 aromatic rings. The van der Waals surface area contributed by atoms with Crippen LogP contribution in [-0.4, -0.2) is 6.08 Å². The molecule has 3 heteroatoms. The third-order valence-electron chi connectivity index (χ3n) is 5.15. The van der Waals surface area contributed by atoms with E-state index >= 15 is 0 Å². The molecule has 29 heavy (non-hydrogen) atoms. The number of halogens is 1. The lowest BCUT2D eigenvalue weighted by Gasteiger charge is -2.37. The predicted octanol–water partition coefficient (Wildman–Crippen LogP) is 6.69. The first kappa shape index (κ1) is 18.9. The van der Waals surface area contributed by atoms with Crippen molar-refractivity contribution in [2.24, 2.45) is 4.99 Å². The summed E-state index contributed by atoms with van der Waals surface area (Å²) < 4.78 is 0. The number of hydrogen-bond acceptors (Lipinski definition) is 2. The zero-order chi connectivity index (χ0) is 20.1. The summed E-state index contributed by atoms with van der Waals surface area (Å²) >= 11 is 6.79. The lowest BCUT2D eigenvalue weighted by Crippen LogP contribution is -2.31. The third kappa shape index (κ3) is 3.40. The molecule has 0 unspecified atom stereocenters. The van der Waals surface area contributed by atoms with Crippen molar-refractivity contribution in [2.45, 2.75) is 5.41 Å². The molecule has 0 saturated heterocycles. The fourth-order valence-electron chi connectivity index (χ4n) is 3.95. The first-order valence-electron chi connectivity index (χ1n) is 9.31. The Morgan fingerprint density at radius 1 is 0.655 bits per heavy atom. The number of carbonyl (C=O) groups excluding carboxylic acids is 1. The Labute approximate surface area is 175 Å². The van der Waals surface area contributed by atoms with Crippen molar-refractivity contribution < 1.29 is 4.79 Å². The van der Waals surface area contributed by atoms with Crippen molar-refractivity contribution in [1.29, 1.82) is 0 Å². The summed E-state index contributed by atoms with van der Waals surface area (Å²) in [6, 6.07) is 36.2. The molecule has 0 spiro atoms. The van der Waals surface area contributed by atoms with E-state index in [0.29, 0.717) is 10.7 Å². The number of rotatable bonds is 5. The molecule has 0 aliphatic heterocycles. The molecule has 0 N–H and O–H groups in total. The van der Waals surface area contributed by atoms with Crippen molar-refractivity contribution in [2.75, 3.05) is 0 Å². The van der Waals surface area contributed by atoms with E-state index in [-0.39, 0.29) is 0 Å². The number of hydrogen-bond donors (Lipinski definition) is 0. The molecule has 0 radical (unpaired) electrons. The van der Waals surface area contributed by atoms with Gasteiger partial charge >= 0.3 is 0 Å². The normalized spacial score (nSPS) is 10.9. The van der Waals surface area contributed by atoms with Crippen LogP contribution in [0.1, 0.15) is 22.3 Å². The lowest BCUT2D eigenvalue weighted by molar-refractivity contribution is 0.565. The number of isocyanates is 1. The fraction of sp³-hybridized carbons (Fsp3) is 0.0385.